The van der Waals surface area contributed by atoms with Gasteiger partial charge >= 0.3 is 0 Å². The molecular weight excluding hydrogens is 367 g/mol. The van der Waals surface area contributed by atoms with Crippen LogP contribution >= 0.6 is 11.3 Å². The summed E-state index contributed by atoms with van der Waals surface area (Å²) in [4.78, 5) is 29.3. The van der Waals surface area contributed by atoms with Gasteiger partial charge in [0.1, 0.15) is 10.8 Å². The van der Waals surface area contributed by atoms with Crippen LogP contribution < -0.4 is 10.9 Å². The Morgan fingerprint density at radius 1 is 1.11 bits per heavy atom. The molecule has 4 rings (SSSR count). The Hall–Kier alpha value is -3.39. The molecule has 0 saturated carbocycles. The second-order valence-corrected chi connectivity index (χ2v) is 6.70. The Labute approximate surface area is 156 Å². The highest BCUT2D eigenvalue weighted by Crippen LogP contribution is 2.23. The van der Waals surface area contributed by atoms with E-state index in [9.17, 15) is 14.0 Å². The largest absolute Gasteiger partial charge is 0.346 e. The van der Waals surface area contributed by atoms with Gasteiger partial charge in [-0.2, -0.15) is 9.61 Å². The first-order valence-corrected chi connectivity index (χ1v) is 8.91. The fraction of sp³-hybridized carbons (Fsp3) is 0.0526. The van der Waals surface area contributed by atoms with Crippen molar-refractivity contribution in [3.8, 4) is 10.6 Å². The monoisotopic (exact) mass is 380 g/mol. The summed E-state index contributed by atoms with van der Waals surface area (Å²) in [6, 6.07) is 16.1. The minimum atomic E-state index is -0.411. The van der Waals surface area contributed by atoms with E-state index >= 15 is 0 Å². The van der Waals surface area contributed by atoms with Crippen molar-refractivity contribution < 1.29 is 9.18 Å². The zero-order valence-electron chi connectivity index (χ0n) is 13.9. The van der Waals surface area contributed by atoms with Crippen molar-refractivity contribution in [1.82, 2.24) is 19.9 Å². The lowest BCUT2D eigenvalue weighted by atomic mass is 10.2. The number of aromatic nitrogens is 3. The minimum Gasteiger partial charge on any atom is -0.346 e. The van der Waals surface area contributed by atoms with E-state index in [0.717, 1.165) is 5.56 Å². The van der Waals surface area contributed by atoms with Crippen LogP contribution in [0.4, 0.5) is 4.39 Å². The fourth-order valence-electron chi connectivity index (χ4n) is 2.52. The predicted octanol–water partition coefficient (Wildman–Crippen LogP) is 2.89. The van der Waals surface area contributed by atoms with E-state index in [4.69, 9.17) is 0 Å². The number of rotatable bonds is 4. The molecule has 0 bridgehead atoms. The highest BCUT2D eigenvalue weighted by atomic mass is 32.1. The molecule has 0 unspecified atom stereocenters. The van der Waals surface area contributed by atoms with E-state index in [0.29, 0.717) is 21.2 Å². The van der Waals surface area contributed by atoms with Gasteiger partial charge in [-0.15, -0.1) is 0 Å². The maximum atomic E-state index is 12.9. The Morgan fingerprint density at radius 3 is 2.59 bits per heavy atom. The summed E-state index contributed by atoms with van der Waals surface area (Å²) in [6.07, 6.45) is 0. The third-order valence-corrected chi connectivity index (χ3v) is 4.81. The number of hydrogen-bond acceptors (Lipinski definition) is 5. The van der Waals surface area contributed by atoms with Crippen LogP contribution in [-0.2, 0) is 6.54 Å². The highest BCUT2D eigenvalue weighted by molar-refractivity contribution is 7.19. The fourth-order valence-corrected chi connectivity index (χ4v) is 3.45. The minimum absolute atomic E-state index is 0.0838. The van der Waals surface area contributed by atoms with Crippen LogP contribution in [0.2, 0.25) is 0 Å². The van der Waals surface area contributed by atoms with E-state index in [-0.39, 0.29) is 18.0 Å². The van der Waals surface area contributed by atoms with Crippen molar-refractivity contribution in [3.05, 3.63) is 88.1 Å². The number of carbonyl (C=O) groups is 1. The second kappa shape index (κ2) is 7.08. The predicted molar refractivity (Wildman–Crippen MR) is 100 cm³/mol. The van der Waals surface area contributed by atoms with Crippen molar-refractivity contribution in [1.29, 1.82) is 0 Å². The van der Waals surface area contributed by atoms with Crippen LogP contribution in [0.3, 0.4) is 0 Å². The van der Waals surface area contributed by atoms with Crippen molar-refractivity contribution in [2.75, 3.05) is 0 Å². The van der Waals surface area contributed by atoms with Gasteiger partial charge in [0.15, 0.2) is 0 Å². The molecule has 0 fully saturated rings. The van der Waals surface area contributed by atoms with Crippen molar-refractivity contribution >= 4 is 22.2 Å². The third-order valence-electron chi connectivity index (χ3n) is 3.86. The molecule has 134 valence electrons. The molecule has 0 radical (unpaired) electrons. The molecule has 0 spiro atoms. The average molecular weight is 380 g/mol. The molecule has 1 N–H and O–H groups in total. The average Bonchev–Trinajstić information content (AvgIpc) is 3.12. The molecule has 8 heteroatoms. The van der Waals surface area contributed by atoms with Crippen molar-refractivity contribution in [2.24, 2.45) is 0 Å². The molecule has 2 aromatic carbocycles. The number of amides is 1. The Kier molecular flexibility index (Phi) is 4.47. The van der Waals surface area contributed by atoms with E-state index < -0.39 is 5.82 Å². The summed E-state index contributed by atoms with van der Waals surface area (Å²) in [5.74, 6) is -0.780. The number of halogens is 1. The van der Waals surface area contributed by atoms with Gasteiger partial charge in [0.05, 0.1) is 12.2 Å². The molecule has 0 aliphatic heterocycles. The maximum absolute atomic E-state index is 12.9. The first-order valence-electron chi connectivity index (χ1n) is 8.09. The SMILES string of the molecule is O=C(NCc1cc(=O)n2nc(-c3ccccc3)sc2n1)c1ccc(F)cc1. The molecule has 2 heterocycles. The van der Waals surface area contributed by atoms with Gasteiger partial charge in [0, 0.05) is 17.2 Å². The normalized spacial score (nSPS) is 10.9. The summed E-state index contributed by atoms with van der Waals surface area (Å²) in [5.41, 5.74) is 1.35. The lowest BCUT2D eigenvalue weighted by Crippen LogP contribution is -2.25. The number of nitrogens with one attached hydrogen (secondary N) is 1. The van der Waals surface area contributed by atoms with Crippen molar-refractivity contribution in [3.63, 3.8) is 0 Å². The quantitative estimate of drug-likeness (QED) is 0.591. The molecule has 0 saturated heterocycles. The Bertz CT molecular complexity index is 1170. The second-order valence-electron chi connectivity index (χ2n) is 5.74. The van der Waals surface area contributed by atoms with Crippen LogP contribution in [0, 0.1) is 5.82 Å². The van der Waals surface area contributed by atoms with Gasteiger partial charge in [-0.1, -0.05) is 41.7 Å². The van der Waals surface area contributed by atoms with Gasteiger partial charge in [-0.25, -0.2) is 9.37 Å². The van der Waals surface area contributed by atoms with E-state index in [2.05, 4.69) is 15.4 Å². The third kappa shape index (κ3) is 3.61. The summed E-state index contributed by atoms with van der Waals surface area (Å²) < 4.78 is 14.2. The zero-order valence-corrected chi connectivity index (χ0v) is 14.7. The molecule has 0 aliphatic rings. The first-order chi connectivity index (χ1) is 13.1. The molecule has 2 aromatic heterocycles. The Balaban J connectivity index is 1.57. The van der Waals surface area contributed by atoms with E-state index in [1.54, 1.807) is 0 Å². The summed E-state index contributed by atoms with van der Waals surface area (Å²) in [5, 5.41) is 7.68. The van der Waals surface area contributed by atoms with Gasteiger partial charge in [0.2, 0.25) is 4.96 Å². The lowest BCUT2D eigenvalue weighted by molar-refractivity contribution is 0.0950. The molecule has 27 heavy (non-hydrogen) atoms. The van der Waals surface area contributed by atoms with Gasteiger partial charge < -0.3 is 5.32 Å². The molecule has 1 amide bonds. The number of benzene rings is 2. The van der Waals surface area contributed by atoms with Crippen molar-refractivity contribution in [2.45, 2.75) is 6.54 Å². The zero-order chi connectivity index (χ0) is 18.8. The van der Waals surface area contributed by atoms with Crippen LogP contribution in [-0.4, -0.2) is 20.5 Å². The maximum Gasteiger partial charge on any atom is 0.275 e. The first kappa shape index (κ1) is 17.0. The van der Waals surface area contributed by atoms with Crippen LogP contribution in [0.25, 0.3) is 15.5 Å². The summed E-state index contributed by atoms with van der Waals surface area (Å²) in [7, 11) is 0. The number of carbonyl (C=O) groups excluding carboxylic acids is 1. The Morgan fingerprint density at radius 2 is 1.85 bits per heavy atom. The van der Waals surface area contributed by atoms with Crippen LogP contribution in [0.15, 0.2) is 65.5 Å². The standard InChI is InChI=1S/C19H13FN4O2S/c20-14-8-6-12(7-9-14)17(26)21-11-15-10-16(25)24-19(22-15)27-18(23-24)13-4-2-1-3-5-13/h1-10H,11H2,(H,21,26). The molecule has 6 nitrogen and oxygen atoms in total. The molecule has 0 aliphatic carbocycles. The topological polar surface area (TPSA) is 76.4 Å². The van der Waals surface area contributed by atoms with Gasteiger partial charge in [0.25, 0.3) is 11.5 Å². The van der Waals surface area contributed by atoms with Crippen LogP contribution in [0.5, 0.6) is 0 Å². The van der Waals surface area contributed by atoms with E-state index in [1.807, 2.05) is 30.3 Å². The summed E-state index contributed by atoms with van der Waals surface area (Å²) >= 11 is 1.30. The molecular formula is C19H13FN4O2S. The van der Waals surface area contributed by atoms with Gasteiger partial charge in [-0.05, 0) is 24.3 Å². The lowest BCUT2D eigenvalue weighted by Gasteiger charge is -2.04. The van der Waals surface area contributed by atoms with E-state index in [1.165, 1.54) is 46.2 Å². The highest BCUT2D eigenvalue weighted by Gasteiger charge is 2.11. The number of fused-ring (bicyclic) bond motifs is 1. The molecule has 4 aromatic rings. The number of nitrogens with zero attached hydrogens (tertiary/aromatic N) is 3. The molecule has 0 atom stereocenters. The summed E-state index contributed by atoms with van der Waals surface area (Å²) in [6.45, 7) is 0.0838. The number of hydrogen-bond donors (Lipinski definition) is 1. The van der Waals surface area contributed by atoms with Crippen LogP contribution in [0.1, 0.15) is 16.1 Å². The van der Waals surface area contributed by atoms with Gasteiger partial charge in [-0.3, -0.25) is 9.59 Å². The smallest absolute Gasteiger partial charge is 0.275 e.